The van der Waals surface area contributed by atoms with Gasteiger partial charge in [0, 0.05) is 0 Å². The third-order valence-corrected chi connectivity index (χ3v) is 1.89. The SMILES string of the molecule is CP(C)C.CP(C)C.CP(C)C.CP(C)C.C[C]#[W][Cl]. The third kappa shape index (κ3) is 642. The second kappa shape index (κ2) is 33.2. The van der Waals surface area contributed by atoms with Gasteiger partial charge in [-0.05, 0) is 80.0 Å². The van der Waals surface area contributed by atoms with Crippen LogP contribution < -0.4 is 0 Å². The molecule has 0 bridgehead atoms. The van der Waals surface area contributed by atoms with E-state index >= 15 is 0 Å². The molecule has 0 aromatic heterocycles. The van der Waals surface area contributed by atoms with Crippen LogP contribution in [0.15, 0.2) is 0 Å². The van der Waals surface area contributed by atoms with Crippen LogP contribution in [0.5, 0.6) is 0 Å². The zero-order valence-electron chi connectivity index (χ0n) is 16.1. The fourth-order valence-electron chi connectivity index (χ4n) is 0. The molecular formula is C14H39ClP4W. The van der Waals surface area contributed by atoms with Gasteiger partial charge in [0.25, 0.3) is 0 Å². The Morgan fingerprint density at radius 1 is 0.550 bits per heavy atom. The van der Waals surface area contributed by atoms with Crippen molar-refractivity contribution in [2.75, 3.05) is 80.0 Å². The molecule has 0 N–H and O–H groups in total. The molecule has 6 heteroatoms. The van der Waals surface area contributed by atoms with Crippen LogP contribution in [0.4, 0.5) is 0 Å². The molecule has 0 saturated carbocycles. The van der Waals surface area contributed by atoms with Crippen molar-refractivity contribution in [3.8, 4) is 4.20 Å². The van der Waals surface area contributed by atoms with Crippen molar-refractivity contribution in [2.45, 2.75) is 6.92 Å². The summed E-state index contributed by atoms with van der Waals surface area (Å²) in [5, 5.41) is 0. The van der Waals surface area contributed by atoms with Crippen LogP contribution in [-0.2, 0) is 16.9 Å². The molecule has 0 atom stereocenters. The minimum absolute atomic E-state index is 0.380. The molecular weight excluding hydrogens is 511 g/mol. The van der Waals surface area contributed by atoms with E-state index in [2.05, 4.69) is 84.2 Å². The Kier molecular flexibility index (Phi) is 56.3. The molecule has 20 heavy (non-hydrogen) atoms. The monoisotopic (exact) mass is 550 g/mol. The summed E-state index contributed by atoms with van der Waals surface area (Å²) in [6.07, 6.45) is 0. The van der Waals surface area contributed by atoms with Crippen molar-refractivity contribution < 1.29 is 16.9 Å². The van der Waals surface area contributed by atoms with Crippen LogP contribution in [0.3, 0.4) is 0 Å². The van der Waals surface area contributed by atoms with Gasteiger partial charge in [0.05, 0.1) is 0 Å². The first-order valence-corrected chi connectivity index (χ1v) is 22.1. The van der Waals surface area contributed by atoms with E-state index in [0.29, 0.717) is 31.7 Å². The maximum atomic E-state index is 5.24. The van der Waals surface area contributed by atoms with Gasteiger partial charge in [0.1, 0.15) is 0 Å². The Labute approximate surface area is 148 Å². The van der Waals surface area contributed by atoms with E-state index in [1.54, 1.807) is 0 Å². The van der Waals surface area contributed by atoms with Gasteiger partial charge in [-0.1, -0.05) is 0 Å². The number of hydrogen-bond acceptors (Lipinski definition) is 0. The Bertz CT molecular complexity index is 146. The second-order valence-corrected chi connectivity index (χ2v) is 19.7. The quantitative estimate of drug-likeness (QED) is 0.297. The molecule has 0 spiro atoms. The number of rotatable bonds is 0. The van der Waals surface area contributed by atoms with E-state index in [1.165, 1.54) is 0 Å². The fourth-order valence-corrected chi connectivity index (χ4v) is 0. The molecule has 128 valence electrons. The third-order valence-electron chi connectivity index (χ3n) is 0.0772. The van der Waals surface area contributed by atoms with Crippen LogP contribution in [0.1, 0.15) is 6.92 Å². The summed E-state index contributed by atoms with van der Waals surface area (Å²) in [4.78, 5) is 0. The predicted octanol–water partition coefficient (Wildman–Crippen LogP) is 6.63. The molecule has 0 unspecified atom stereocenters. The summed E-state index contributed by atoms with van der Waals surface area (Å²) in [5.41, 5.74) is 0. The molecule has 0 heterocycles. The molecule has 0 aromatic rings. The fraction of sp³-hybridized carbons (Fsp3) is 0.929. The molecule has 0 aliphatic heterocycles. The van der Waals surface area contributed by atoms with Crippen LogP contribution >= 0.6 is 41.1 Å². The van der Waals surface area contributed by atoms with Gasteiger partial charge in [-0.25, -0.2) is 0 Å². The van der Waals surface area contributed by atoms with Gasteiger partial charge in [0.15, 0.2) is 0 Å². The van der Waals surface area contributed by atoms with Crippen molar-refractivity contribution in [3.05, 3.63) is 0 Å². The average molecular weight is 551 g/mol. The van der Waals surface area contributed by atoms with Crippen molar-refractivity contribution in [1.82, 2.24) is 0 Å². The Morgan fingerprint density at radius 3 is 0.600 bits per heavy atom. The molecule has 0 saturated heterocycles. The normalized spacial score (nSPS) is 8.10. The van der Waals surface area contributed by atoms with Crippen molar-refractivity contribution in [2.24, 2.45) is 0 Å². The molecule has 0 radical (unpaired) electrons. The molecule has 0 nitrogen and oxygen atoms in total. The number of halogens is 1. The van der Waals surface area contributed by atoms with Gasteiger partial charge in [-0.15, -0.1) is 31.7 Å². The summed E-state index contributed by atoms with van der Waals surface area (Å²) >= 11 is -0.532. The number of hydrogen-bond donors (Lipinski definition) is 0. The first kappa shape index (κ1) is 33.9. The van der Waals surface area contributed by atoms with Gasteiger partial charge < -0.3 is 0 Å². The van der Waals surface area contributed by atoms with E-state index in [4.69, 9.17) is 9.42 Å². The summed E-state index contributed by atoms with van der Waals surface area (Å²) in [5.74, 6) is 0. The molecule has 0 aromatic carbocycles. The standard InChI is InChI=1S/4C3H9P.C2H3.ClH.W/c4*1-4(2)3;1-2;;/h4*1-3H3;1H3;1H;/q;;;;;;+1/p-1. The molecule has 0 amide bonds. The average Bonchev–Trinajstić information content (AvgIpc) is 2.13. The van der Waals surface area contributed by atoms with Crippen LogP contribution in [0.2, 0.25) is 0 Å². The Balaban J connectivity index is -0.0000000469. The zero-order valence-corrected chi connectivity index (χ0v) is 23.3. The first-order chi connectivity index (χ1) is 8.84. The van der Waals surface area contributed by atoms with Crippen LogP contribution in [0, 0.1) is 4.20 Å². The van der Waals surface area contributed by atoms with Gasteiger partial charge in [0.2, 0.25) is 0 Å². The Morgan fingerprint density at radius 2 is 0.600 bits per heavy atom. The predicted molar refractivity (Wildman–Crippen MR) is 114 cm³/mol. The van der Waals surface area contributed by atoms with E-state index in [0.717, 1.165) is 0 Å². The molecule has 0 aliphatic rings. The summed E-state index contributed by atoms with van der Waals surface area (Å²) in [7, 11) is 6.76. The molecule has 0 aliphatic carbocycles. The van der Waals surface area contributed by atoms with Gasteiger partial charge in [-0.3, -0.25) is 0 Å². The second-order valence-electron chi connectivity index (χ2n) is 5.65. The van der Waals surface area contributed by atoms with E-state index in [-0.39, 0.29) is 0 Å². The van der Waals surface area contributed by atoms with Gasteiger partial charge >= 0.3 is 37.4 Å². The van der Waals surface area contributed by atoms with Crippen molar-refractivity contribution in [1.29, 1.82) is 0 Å². The van der Waals surface area contributed by atoms with Crippen molar-refractivity contribution >= 4 is 41.1 Å². The summed E-state index contributed by atoms with van der Waals surface area (Å²) in [6.45, 7) is 28.7. The maximum absolute atomic E-state index is 5.24. The van der Waals surface area contributed by atoms with Gasteiger partial charge in [-0.2, -0.15) is 0 Å². The van der Waals surface area contributed by atoms with Crippen molar-refractivity contribution in [3.63, 3.8) is 0 Å². The summed E-state index contributed by atoms with van der Waals surface area (Å²) < 4.78 is 2.86. The topological polar surface area (TPSA) is 0 Å². The molecule has 0 rings (SSSR count). The summed E-state index contributed by atoms with van der Waals surface area (Å²) in [6, 6.07) is 0. The van der Waals surface area contributed by atoms with Crippen LogP contribution in [-0.4, -0.2) is 80.0 Å². The van der Waals surface area contributed by atoms with E-state index < -0.39 is 16.9 Å². The zero-order chi connectivity index (χ0) is 17.7. The first-order valence-electron chi connectivity index (χ1n) is 6.22. The van der Waals surface area contributed by atoms with E-state index in [9.17, 15) is 0 Å². The molecule has 0 fully saturated rings. The minimum atomic E-state index is -0.532. The Hall–Kier alpha value is 2.48. The van der Waals surface area contributed by atoms with E-state index in [1.807, 2.05) is 6.92 Å². The van der Waals surface area contributed by atoms with Crippen LogP contribution in [0.25, 0.3) is 0 Å².